The van der Waals surface area contributed by atoms with Crippen LogP contribution in [0.15, 0.2) is 12.2 Å². The highest BCUT2D eigenvalue weighted by Gasteiger charge is 2.06. The second kappa shape index (κ2) is 7.88. The van der Waals surface area contributed by atoms with E-state index in [4.69, 9.17) is 0 Å². The van der Waals surface area contributed by atoms with Gasteiger partial charge in [-0.3, -0.25) is 0 Å². The van der Waals surface area contributed by atoms with Gasteiger partial charge in [0, 0.05) is 6.42 Å². The fourth-order valence-corrected chi connectivity index (χ4v) is 1.72. The smallest absolute Gasteiger partial charge is 0.129 e. The maximum Gasteiger partial charge on any atom is 0.129 e. The van der Waals surface area contributed by atoms with Crippen molar-refractivity contribution in [2.45, 2.75) is 58.7 Å². The van der Waals surface area contributed by atoms with Gasteiger partial charge in [-0.25, -0.2) is 0 Å². The minimum Gasteiger partial charge on any atom is -0.132 e. The summed E-state index contributed by atoms with van der Waals surface area (Å²) in [5.41, 5.74) is 3.36. The Labute approximate surface area is 90.8 Å². The van der Waals surface area contributed by atoms with E-state index in [-0.39, 0.29) is 0 Å². The van der Waals surface area contributed by atoms with Crippen LogP contribution in [0.2, 0.25) is 19.6 Å². The molecule has 0 aromatic heterocycles. The highest BCUT2D eigenvalue weighted by atomic mass is 28.3. The molecular formula is C13H24Si. The minimum atomic E-state index is -1.13. The van der Waals surface area contributed by atoms with Crippen LogP contribution in [0.3, 0.4) is 0 Å². The molecule has 0 spiro atoms. The summed E-state index contributed by atoms with van der Waals surface area (Å²) in [6.07, 6.45) is 10.6. The van der Waals surface area contributed by atoms with Crippen molar-refractivity contribution >= 4 is 8.07 Å². The number of rotatable bonds is 5. The molecule has 0 rings (SSSR count). The van der Waals surface area contributed by atoms with E-state index in [2.05, 4.69) is 50.2 Å². The molecule has 0 bridgehead atoms. The van der Waals surface area contributed by atoms with E-state index in [0.29, 0.717) is 0 Å². The first-order valence-electron chi connectivity index (χ1n) is 5.71. The molecule has 0 aromatic carbocycles. The van der Waals surface area contributed by atoms with Crippen LogP contribution in [0.4, 0.5) is 0 Å². The monoisotopic (exact) mass is 208 g/mol. The van der Waals surface area contributed by atoms with Crippen LogP contribution in [0.5, 0.6) is 0 Å². The van der Waals surface area contributed by atoms with Gasteiger partial charge in [0.1, 0.15) is 8.07 Å². The number of allylic oxidation sites excluding steroid dienone is 2. The van der Waals surface area contributed by atoms with Gasteiger partial charge in [-0.15, -0.1) is 11.5 Å². The third kappa shape index (κ3) is 11.5. The Kier molecular flexibility index (Phi) is 7.61. The molecule has 0 atom stereocenters. The van der Waals surface area contributed by atoms with Crippen LogP contribution in [0.25, 0.3) is 0 Å². The normalized spacial score (nSPS) is 11.4. The van der Waals surface area contributed by atoms with Crippen LogP contribution in [0, 0.1) is 11.5 Å². The van der Waals surface area contributed by atoms with Crippen molar-refractivity contribution in [1.82, 2.24) is 0 Å². The SMILES string of the molecule is CCCCC/C=C/CC#C[Si](C)(C)C. The summed E-state index contributed by atoms with van der Waals surface area (Å²) in [5.74, 6) is 3.24. The average Bonchev–Trinajstić information content (AvgIpc) is 2.08. The lowest BCUT2D eigenvalue weighted by atomic mass is 10.2. The summed E-state index contributed by atoms with van der Waals surface area (Å²) in [6.45, 7) is 9.09. The predicted octanol–water partition coefficient (Wildman–Crippen LogP) is 4.39. The number of hydrogen-bond donors (Lipinski definition) is 0. The molecule has 0 N–H and O–H groups in total. The lowest BCUT2D eigenvalue weighted by Crippen LogP contribution is -2.16. The molecule has 1 heteroatoms. The van der Waals surface area contributed by atoms with Crippen molar-refractivity contribution in [3.63, 3.8) is 0 Å². The van der Waals surface area contributed by atoms with Gasteiger partial charge in [0.2, 0.25) is 0 Å². The Morgan fingerprint density at radius 3 is 2.36 bits per heavy atom. The molecule has 0 radical (unpaired) electrons. The van der Waals surface area contributed by atoms with Gasteiger partial charge in [-0.2, -0.15) is 0 Å². The molecule has 0 nitrogen and oxygen atoms in total. The van der Waals surface area contributed by atoms with E-state index < -0.39 is 8.07 Å². The highest BCUT2D eigenvalue weighted by Crippen LogP contribution is 2.00. The fraction of sp³-hybridized carbons (Fsp3) is 0.692. The standard InChI is InChI=1S/C13H24Si/c1-5-6-7-8-9-10-11-12-13-14(2,3)4/h9-10H,5-8,11H2,1-4H3/b10-9+. The van der Waals surface area contributed by atoms with Gasteiger partial charge >= 0.3 is 0 Å². The third-order valence-corrected chi connectivity index (χ3v) is 2.75. The van der Waals surface area contributed by atoms with Crippen LogP contribution >= 0.6 is 0 Å². The summed E-state index contributed by atoms with van der Waals surface area (Å²) in [5, 5.41) is 0. The van der Waals surface area contributed by atoms with Crippen molar-refractivity contribution in [2.24, 2.45) is 0 Å². The Bertz CT molecular complexity index is 210. The lowest BCUT2D eigenvalue weighted by Gasteiger charge is -2.02. The topological polar surface area (TPSA) is 0 Å². The molecular weight excluding hydrogens is 184 g/mol. The summed E-state index contributed by atoms with van der Waals surface area (Å²) in [6, 6.07) is 0. The first-order valence-corrected chi connectivity index (χ1v) is 9.21. The van der Waals surface area contributed by atoms with Crippen LogP contribution in [-0.4, -0.2) is 8.07 Å². The van der Waals surface area contributed by atoms with Gasteiger partial charge in [0.05, 0.1) is 0 Å². The van der Waals surface area contributed by atoms with E-state index in [9.17, 15) is 0 Å². The van der Waals surface area contributed by atoms with Crippen molar-refractivity contribution in [1.29, 1.82) is 0 Å². The lowest BCUT2D eigenvalue weighted by molar-refractivity contribution is 0.728. The molecule has 0 aliphatic rings. The van der Waals surface area contributed by atoms with E-state index in [1.807, 2.05) is 0 Å². The summed E-state index contributed by atoms with van der Waals surface area (Å²) in [7, 11) is -1.13. The summed E-state index contributed by atoms with van der Waals surface area (Å²) < 4.78 is 0. The third-order valence-electron chi connectivity index (χ3n) is 1.82. The molecule has 0 aliphatic heterocycles. The van der Waals surface area contributed by atoms with Crippen LogP contribution in [-0.2, 0) is 0 Å². The number of unbranched alkanes of at least 4 members (excludes halogenated alkanes) is 3. The Hall–Kier alpha value is -0.483. The van der Waals surface area contributed by atoms with Crippen molar-refractivity contribution in [3.8, 4) is 11.5 Å². The molecule has 0 aliphatic carbocycles. The highest BCUT2D eigenvalue weighted by molar-refractivity contribution is 6.83. The Morgan fingerprint density at radius 1 is 1.07 bits per heavy atom. The molecule has 0 amide bonds. The average molecular weight is 208 g/mol. The van der Waals surface area contributed by atoms with Crippen LogP contribution < -0.4 is 0 Å². The van der Waals surface area contributed by atoms with Crippen molar-refractivity contribution in [3.05, 3.63) is 12.2 Å². The predicted molar refractivity (Wildman–Crippen MR) is 69.0 cm³/mol. The van der Waals surface area contributed by atoms with Crippen LogP contribution in [0.1, 0.15) is 39.0 Å². The molecule has 14 heavy (non-hydrogen) atoms. The van der Waals surface area contributed by atoms with Gasteiger partial charge in [0.15, 0.2) is 0 Å². The molecule has 0 unspecified atom stereocenters. The zero-order chi connectivity index (χ0) is 10.9. The van der Waals surface area contributed by atoms with Gasteiger partial charge in [0.25, 0.3) is 0 Å². The maximum absolute atomic E-state index is 3.36. The minimum absolute atomic E-state index is 0.941. The molecule has 0 saturated carbocycles. The second-order valence-corrected chi connectivity index (χ2v) is 9.47. The molecule has 80 valence electrons. The van der Waals surface area contributed by atoms with E-state index >= 15 is 0 Å². The zero-order valence-corrected chi connectivity index (χ0v) is 11.2. The van der Waals surface area contributed by atoms with Gasteiger partial charge in [-0.05, 0) is 12.8 Å². The Balaban J connectivity index is 3.47. The van der Waals surface area contributed by atoms with E-state index in [1.54, 1.807) is 0 Å². The van der Waals surface area contributed by atoms with Gasteiger partial charge < -0.3 is 0 Å². The number of hydrogen-bond acceptors (Lipinski definition) is 0. The van der Waals surface area contributed by atoms with Crippen molar-refractivity contribution < 1.29 is 0 Å². The summed E-state index contributed by atoms with van der Waals surface area (Å²) in [4.78, 5) is 0. The summed E-state index contributed by atoms with van der Waals surface area (Å²) >= 11 is 0. The van der Waals surface area contributed by atoms with E-state index in [0.717, 1.165) is 6.42 Å². The quantitative estimate of drug-likeness (QED) is 0.272. The first-order chi connectivity index (χ1) is 6.56. The molecule has 0 heterocycles. The molecule has 0 fully saturated rings. The first kappa shape index (κ1) is 13.5. The van der Waals surface area contributed by atoms with E-state index in [1.165, 1.54) is 25.7 Å². The Morgan fingerprint density at radius 2 is 1.79 bits per heavy atom. The van der Waals surface area contributed by atoms with Crippen molar-refractivity contribution in [2.75, 3.05) is 0 Å². The van der Waals surface area contributed by atoms with Gasteiger partial charge in [-0.1, -0.05) is 51.6 Å². The largest absolute Gasteiger partial charge is 0.132 e. The second-order valence-electron chi connectivity index (χ2n) is 4.72. The maximum atomic E-state index is 3.36. The molecule has 0 aromatic rings. The molecule has 0 saturated heterocycles. The fourth-order valence-electron chi connectivity index (χ4n) is 1.09. The zero-order valence-electron chi connectivity index (χ0n) is 10.2.